The van der Waals surface area contributed by atoms with Gasteiger partial charge in [-0.2, -0.15) is 0 Å². The molecular weight excluding hydrogens is 196 g/mol. The van der Waals surface area contributed by atoms with Gasteiger partial charge in [-0.25, -0.2) is 0 Å². The maximum Gasteiger partial charge on any atom is 0.0650 e. The molecule has 2 aliphatic rings. The molecule has 0 amide bonds. The Hall–Kier alpha value is -0.0400. The fraction of sp³-hybridized carbons (Fsp3) is 1.00. The first-order valence-electron chi connectivity index (χ1n) is 7.14. The van der Waals surface area contributed by atoms with Gasteiger partial charge in [-0.3, -0.25) is 0 Å². The Morgan fingerprint density at radius 2 is 1.88 bits per heavy atom. The second-order valence-electron chi connectivity index (χ2n) is 6.99. The van der Waals surface area contributed by atoms with Crippen LogP contribution in [0.2, 0.25) is 0 Å². The Morgan fingerprint density at radius 3 is 2.50 bits per heavy atom. The van der Waals surface area contributed by atoms with Crippen LogP contribution >= 0.6 is 0 Å². The molecule has 1 nitrogen and oxygen atoms in total. The highest BCUT2D eigenvalue weighted by molar-refractivity contribution is 4.98. The largest absolute Gasteiger partial charge is 0.390 e. The van der Waals surface area contributed by atoms with Crippen LogP contribution in [0.3, 0.4) is 0 Å². The van der Waals surface area contributed by atoms with Gasteiger partial charge < -0.3 is 5.11 Å². The topological polar surface area (TPSA) is 20.2 Å². The van der Waals surface area contributed by atoms with E-state index in [1.807, 2.05) is 0 Å². The lowest BCUT2D eigenvalue weighted by Gasteiger charge is -2.52. The Kier molecular flexibility index (Phi) is 3.36. The van der Waals surface area contributed by atoms with E-state index in [1.165, 1.54) is 25.7 Å². The third-order valence-corrected chi connectivity index (χ3v) is 5.35. The van der Waals surface area contributed by atoms with Gasteiger partial charge >= 0.3 is 0 Å². The predicted molar refractivity (Wildman–Crippen MR) is 68.2 cm³/mol. The van der Waals surface area contributed by atoms with Crippen molar-refractivity contribution in [1.82, 2.24) is 0 Å². The molecule has 0 aromatic carbocycles. The van der Waals surface area contributed by atoms with E-state index >= 15 is 0 Å². The predicted octanol–water partition coefficient (Wildman–Crippen LogP) is 3.86. The monoisotopic (exact) mass is 224 g/mol. The third-order valence-electron chi connectivity index (χ3n) is 5.35. The summed E-state index contributed by atoms with van der Waals surface area (Å²) in [4.78, 5) is 0. The highest BCUT2D eigenvalue weighted by atomic mass is 16.3. The zero-order valence-corrected chi connectivity index (χ0v) is 11.4. The Morgan fingerprint density at radius 1 is 1.19 bits per heavy atom. The van der Waals surface area contributed by atoms with Crippen LogP contribution in [0.15, 0.2) is 0 Å². The molecule has 94 valence electrons. The summed E-state index contributed by atoms with van der Waals surface area (Å²) in [5.41, 5.74) is -0.379. The minimum absolute atomic E-state index is 0.379. The lowest BCUT2D eigenvalue weighted by molar-refractivity contribution is -0.109. The maximum atomic E-state index is 10.6. The number of hydrogen-bond donors (Lipinski definition) is 1. The molecule has 2 fully saturated rings. The molecule has 0 aromatic heterocycles. The van der Waals surface area contributed by atoms with E-state index in [2.05, 4.69) is 27.7 Å². The lowest BCUT2D eigenvalue weighted by atomic mass is 9.56. The first kappa shape index (κ1) is 12.4. The van der Waals surface area contributed by atoms with Crippen LogP contribution in [0, 0.1) is 29.6 Å². The van der Waals surface area contributed by atoms with Crippen molar-refractivity contribution in [3.8, 4) is 0 Å². The molecule has 0 aliphatic heterocycles. The van der Waals surface area contributed by atoms with E-state index in [1.54, 1.807) is 0 Å². The van der Waals surface area contributed by atoms with Gasteiger partial charge in [-0.15, -0.1) is 0 Å². The Balaban J connectivity index is 2.18. The molecule has 2 rings (SSSR count). The minimum atomic E-state index is -0.379. The number of aliphatic hydroxyl groups is 1. The minimum Gasteiger partial charge on any atom is -0.390 e. The first-order valence-corrected chi connectivity index (χ1v) is 7.14. The highest BCUT2D eigenvalue weighted by Gasteiger charge is 2.47. The summed E-state index contributed by atoms with van der Waals surface area (Å²) in [5.74, 6) is 3.87. The van der Waals surface area contributed by atoms with Crippen LogP contribution in [0.4, 0.5) is 0 Å². The summed E-state index contributed by atoms with van der Waals surface area (Å²) < 4.78 is 0. The molecule has 0 radical (unpaired) electrons. The summed E-state index contributed by atoms with van der Waals surface area (Å²) in [6.45, 7) is 9.19. The van der Waals surface area contributed by atoms with Crippen LogP contribution in [0.25, 0.3) is 0 Å². The molecule has 0 heterocycles. The third kappa shape index (κ3) is 2.16. The average Bonchev–Trinajstić information content (AvgIpc) is 2.16. The van der Waals surface area contributed by atoms with Crippen LogP contribution in [0.5, 0.6) is 0 Å². The number of rotatable bonds is 1. The molecule has 16 heavy (non-hydrogen) atoms. The fourth-order valence-electron chi connectivity index (χ4n) is 4.36. The average molecular weight is 224 g/mol. The van der Waals surface area contributed by atoms with Gasteiger partial charge in [0.2, 0.25) is 0 Å². The standard InChI is InChI=1S/C15H28O/c1-10(2)12-7-8-15(4,16)14-6-5-11(3)9-13(12)14/h10-14,16H,5-9H2,1-4H3/t11?,12-,13-,14+,15-/m0/s1. The summed E-state index contributed by atoms with van der Waals surface area (Å²) in [6.07, 6.45) is 6.18. The highest BCUT2D eigenvalue weighted by Crippen LogP contribution is 2.51. The van der Waals surface area contributed by atoms with E-state index in [-0.39, 0.29) is 5.60 Å². The van der Waals surface area contributed by atoms with Crippen molar-refractivity contribution in [2.75, 3.05) is 0 Å². The normalized spacial score (nSPS) is 49.1. The van der Waals surface area contributed by atoms with Gasteiger partial charge in [0.25, 0.3) is 0 Å². The molecule has 2 aliphatic carbocycles. The smallest absolute Gasteiger partial charge is 0.0650 e. The number of hydrogen-bond acceptors (Lipinski definition) is 1. The van der Waals surface area contributed by atoms with Gasteiger partial charge in [-0.05, 0) is 62.2 Å². The van der Waals surface area contributed by atoms with Crippen molar-refractivity contribution in [2.24, 2.45) is 29.6 Å². The summed E-state index contributed by atoms with van der Waals surface area (Å²) >= 11 is 0. The molecule has 0 saturated heterocycles. The van der Waals surface area contributed by atoms with Crippen LogP contribution in [0.1, 0.15) is 59.8 Å². The maximum absolute atomic E-state index is 10.6. The molecule has 5 atom stereocenters. The van der Waals surface area contributed by atoms with Crippen molar-refractivity contribution in [2.45, 2.75) is 65.4 Å². The summed E-state index contributed by atoms with van der Waals surface area (Å²) in [7, 11) is 0. The van der Waals surface area contributed by atoms with Crippen molar-refractivity contribution in [3.63, 3.8) is 0 Å². The zero-order valence-electron chi connectivity index (χ0n) is 11.4. The summed E-state index contributed by atoms with van der Waals surface area (Å²) in [6, 6.07) is 0. The van der Waals surface area contributed by atoms with E-state index in [0.717, 1.165) is 30.1 Å². The van der Waals surface area contributed by atoms with E-state index in [0.29, 0.717) is 5.92 Å². The van der Waals surface area contributed by atoms with Gasteiger partial charge in [0, 0.05) is 0 Å². The molecule has 1 heteroatoms. The Labute approximate surface area is 101 Å². The van der Waals surface area contributed by atoms with Gasteiger partial charge in [0.15, 0.2) is 0 Å². The van der Waals surface area contributed by atoms with Crippen LogP contribution in [-0.2, 0) is 0 Å². The molecular formula is C15H28O. The molecule has 1 unspecified atom stereocenters. The van der Waals surface area contributed by atoms with E-state index < -0.39 is 0 Å². The van der Waals surface area contributed by atoms with E-state index in [4.69, 9.17) is 0 Å². The molecule has 0 bridgehead atoms. The van der Waals surface area contributed by atoms with Crippen molar-refractivity contribution >= 4 is 0 Å². The lowest BCUT2D eigenvalue weighted by Crippen LogP contribution is -2.49. The SMILES string of the molecule is CC1CC[C@@H]2[C@@H](C1)[C@H](C(C)C)CC[C@]2(C)O. The first-order chi connectivity index (χ1) is 7.42. The molecule has 0 aromatic rings. The fourth-order valence-corrected chi connectivity index (χ4v) is 4.36. The summed E-state index contributed by atoms with van der Waals surface area (Å²) in [5, 5.41) is 10.6. The van der Waals surface area contributed by atoms with Gasteiger partial charge in [0.1, 0.15) is 0 Å². The number of fused-ring (bicyclic) bond motifs is 1. The van der Waals surface area contributed by atoms with Crippen molar-refractivity contribution in [3.05, 3.63) is 0 Å². The Bertz CT molecular complexity index is 244. The zero-order chi connectivity index (χ0) is 11.9. The van der Waals surface area contributed by atoms with Crippen molar-refractivity contribution < 1.29 is 5.11 Å². The second-order valence-corrected chi connectivity index (χ2v) is 6.99. The quantitative estimate of drug-likeness (QED) is 0.717. The molecule has 2 saturated carbocycles. The van der Waals surface area contributed by atoms with Crippen molar-refractivity contribution in [1.29, 1.82) is 0 Å². The molecule has 1 N–H and O–H groups in total. The second kappa shape index (κ2) is 4.33. The van der Waals surface area contributed by atoms with Crippen LogP contribution < -0.4 is 0 Å². The van der Waals surface area contributed by atoms with Gasteiger partial charge in [0.05, 0.1) is 5.60 Å². The molecule has 0 spiro atoms. The van der Waals surface area contributed by atoms with Gasteiger partial charge in [-0.1, -0.05) is 27.2 Å². The van der Waals surface area contributed by atoms with Crippen LogP contribution in [-0.4, -0.2) is 10.7 Å². The van der Waals surface area contributed by atoms with E-state index in [9.17, 15) is 5.11 Å².